The molecule has 4 nitrogen and oxygen atoms in total. The number of hydrogen-bond donors (Lipinski definition) is 1. The van der Waals surface area contributed by atoms with Crippen molar-refractivity contribution in [1.29, 1.82) is 0 Å². The Morgan fingerprint density at radius 1 is 1.46 bits per heavy atom. The van der Waals surface area contributed by atoms with E-state index in [2.05, 4.69) is 9.97 Å². The van der Waals surface area contributed by atoms with E-state index in [9.17, 15) is 0 Å². The molecule has 2 rings (SSSR count). The highest BCUT2D eigenvalue weighted by molar-refractivity contribution is 5.42. The van der Waals surface area contributed by atoms with Crippen molar-refractivity contribution in [3.8, 4) is 0 Å². The number of anilines is 1. The first kappa shape index (κ1) is 8.44. The third-order valence-electron chi connectivity index (χ3n) is 2.22. The van der Waals surface area contributed by atoms with E-state index in [1.807, 2.05) is 6.92 Å². The fraction of sp³-hybridized carbons (Fsp3) is 0.556. The molecule has 2 heterocycles. The highest BCUT2D eigenvalue weighted by Gasteiger charge is 2.15. The second-order valence-electron chi connectivity index (χ2n) is 3.11. The molecule has 0 atom stereocenters. The number of nitrogens with zero attached hydrogens (tertiary/aromatic N) is 2. The van der Waals surface area contributed by atoms with Crippen molar-refractivity contribution in [3.63, 3.8) is 0 Å². The number of ether oxygens (including phenoxy) is 1. The van der Waals surface area contributed by atoms with Gasteiger partial charge in [0.05, 0.1) is 18.9 Å². The molecule has 4 heteroatoms. The largest absolute Gasteiger partial charge is 0.383 e. The predicted octanol–water partition coefficient (Wildman–Crippen LogP) is 0.694. The van der Waals surface area contributed by atoms with E-state index in [-0.39, 0.29) is 0 Å². The summed E-state index contributed by atoms with van der Waals surface area (Å²) < 4.78 is 5.29. The topological polar surface area (TPSA) is 61.0 Å². The van der Waals surface area contributed by atoms with Gasteiger partial charge >= 0.3 is 0 Å². The Labute approximate surface area is 77.1 Å². The van der Waals surface area contributed by atoms with Crippen LogP contribution >= 0.6 is 0 Å². The minimum atomic E-state index is 0.561. The zero-order chi connectivity index (χ0) is 9.26. The molecule has 0 aliphatic carbocycles. The Bertz CT molecular complexity index is 325. The fourth-order valence-electron chi connectivity index (χ4n) is 1.47. The molecule has 0 radical (unpaired) electrons. The molecule has 1 aliphatic rings. The van der Waals surface area contributed by atoms with E-state index >= 15 is 0 Å². The molecule has 0 amide bonds. The summed E-state index contributed by atoms with van der Waals surface area (Å²) in [7, 11) is 0. The summed E-state index contributed by atoms with van der Waals surface area (Å²) in [6.07, 6.45) is 1.69. The van der Waals surface area contributed by atoms with Crippen LogP contribution in [0.4, 0.5) is 5.82 Å². The van der Waals surface area contributed by atoms with Crippen molar-refractivity contribution in [1.82, 2.24) is 9.97 Å². The Morgan fingerprint density at radius 2 is 2.31 bits per heavy atom. The predicted molar refractivity (Wildman–Crippen MR) is 49.2 cm³/mol. The number of rotatable bonds is 1. The molecule has 0 aromatic carbocycles. The van der Waals surface area contributed by atoms with Gasteiger partial charge in [-0.15, -0.1) is 0 Å². The molecule has 70 valence electrons. The quantitative estimate of drug-likeness (QED) is 0.689. The zero-order valence-corrected chi connectivity index (χ0v) is 7.71. The molecule has 1 aromatic heterocycles. The van der Waals surface area contributed by atoms with Crippen LogP contribution in [0.3, 0.4) is 0 Å². The Morgan fingerprint density at radius 3 is 3.08 bits per heavy atom. The third kappa shape index (κ3) is 1.49. The van der Waals surface area contributed by atoms with E-state index in [1.54, 1.807) is 0 Å². The molecule has 1 aliphatic heterocycles. The molecule has 1 aromatic rings. The van der Waals surface area contributed by atoms with Gasteiger partial charge in [-0.1, -0.05) is 6.92 Å². The lowest BCUT2D eigenvalue weighted by atomic mass is 10.1. The van der Waals surface area contributed by atoms with Crippen LogP contribution < -0.4 is 5.73 Å². The maximum absolute atomic E-state index is 5.79. The maximum Gasteiger partial charge on any atom is 0.132 e. The molecule has 2 N–H and O–H groups in total. The SMILES string of the molecule is CCc1nc(N)c2c(n1)CCOC2. The number of nitrogens with two attached hydrogens (primary N) is 1. The van der Waals surface area contributed by atoms with Crippen molar-refractivity contribution >= 4 is 5.82 Å². The molecule has 0 saturated heterocycles. The summed E-state index contributed by atoms with van der Waals surface area (Å²) in [6, 6.07) is 0. The second-order valence-corrected chi connectivity index (χ2v) is 3.11. The first-order valence-electron chi connectivity index (χ1n) is 4.53. The molecule has 0 saturated carbocycles. The number of aryl methyl sites for hydroxylation is 1. The molecular formula is C9H13N3O. The van der Waals surface area contributed by atoms with Crippen LogP contribution in [0.2, 0.25) is 0 Å². The average Bonchev–Trinajstić information content (AvgIpc) is 2.18. The van der Waals surface area contributed by atoms with Gasteiger partial charge in [0.1, 0.15) is 11.6 Å². The van der Waals surface area contributed by atoms with Crippen LogP contribution in [-0.4, -0.2) is 16.6 Å². The average molecular weight is 179 g/mol. The van der Waals surface area contributed by atoms with Gasteiger partial charge in [0.25, 0.3) is 0 Å². The van der Waals surface area contributed by atoms with Gasteiger partial charge in [0.2, 0.25) is 0 Å². The van der Waals surface area contributed by atoms with Crippen molar-refractivity contribution in [2.24, 2.45) is 0 Å². The van der Waals surface area contributed by atoms with Gasteiger partial charge in [-0.3, -0.25) is 0 Å². The van der Waals surface area contributed by atoms with Gasteiger partial charge in [-0.25, -0.2) is 9.97 Å². The lowest BCUT2D eigenvalue weighted by molar-refractivity contribution is 0.109. The van der Waals surface area contributed by atoms with Crippen LogP contribution in [0, 0.1) is 0 Å². The van der Waals surface area contributed by atoms with Crippen LogP contribution in [0.5, 0.6) is 0 Å². The standard InChI is InChI=1S/C9H13N3O/c1-2-8-11-7-3-4-13-5-6(7)9(10)12-8/h2-5H2,1H3,(H2,10,11,12). The van der Waals surface area contributed by atoms with Gasteiger partial charge in [0, 0.05) is 18.4 Å². The minimum absolute atomic E-state index is 0.561. The van der Waals surface area contributed by atoms with E-state index < -0.39 is 0 Å². The van der Waals surface area contributed by atoms with Crippen molar-refractivity contribution in [3.05, 3.63) is 17.1 Å². The van der Waals surface area contributed by atoms with Gasteiger partial charge in [-0.2, -0.15) is 0 Å². The second kappa shape index (κ2) is 3.30. The fourth-order valence-corrected chi connectivity index (χ4v) is 1.47. The van der Waals surface area contributed by atoms with Crippen molar-refractivity contribution in [2.75, 3.05) is 12.3 Å². The number of hydrogen-bond acceptors (Lipinski definition) is 4. The van der Waals surface area contributed by atoms with Crippen molar-refractivity contribution in [2.45, 2.75) is 26.4 Å². The van der Waals surface area contributed by atoms with Gasteiger partial charge in [-0.05, 0) is 0 Å². The molecule has 0 fully saturated rings. The number of nitrogen functional groups attached to an aromatic ring is 1. The molecular weight excluding hydrogens is 166 g/mol. The summed E-state index contributed by atoms with van der Waals surface area (Å²) in [5.41, 5.74) is 7.83. The lowest BCUT2D eigenvalue weighted by Crippen LogP contribution is -2.16. The Balaban J connectivity index is 2.47. The Kier molecular flexibility index (Phi) is 2.14. The molecule has 0 bridgehead atoms. The minimum Gasteiger partial charge on any atom is -0.383 e. The first-order chi connectivity index (χ1) is 6.31. The van der Waals surface area contributed by atoms with E-state index in [0.717, 1.165) is 36.5 Å². The maximum atomic E-state index is 5.79. The highest BCUT2D eigenvalue weighted by Crippen LogP contribution is 2.19. The van der Waals surface area contributed by atoms with Crippen LogP contribution in [0.15, 0.2) is 0 Å². The first-order valence-corrected chi connectivity index (χ1v) is 4.53. The monoisotopic (exact) mass is 179 g/mol. The Hall–Kier alpha value is -1.16. The van der Waals surface area contributed by atoms with E-state index in [0.29, 0.717) is 12.4 Å². The van der Waals surface area contributed by atoms with Gasteiger partial charge in [0.15, 0.2) is 0 Å². The summed E-state index contributed by atoms with van der Waals surface area (Å²) in [4.78, 5) is 8.61. The molecule has 0 unspecified atom stereocenters. The van der Waals surface area contributed by atoms with Gasteiger partial charge < -0.3 is 10.5 Å². The van der Waals surface area contributed by atoms with Crippen LogP contribution in [0.25, 0.3) is 0 Å². The number of aromatic nitrogens is 2. The zero-order valence-electron chi connectivity index (χ0n) is 7.71. The molecule has 0 spiro atoms. The summed E-state index contributed by atoms with van der Waals surface area (Å²) in [5, 5.41) is 0. The number of fused-ring (bicyclic) bond motifs is 1. The smallest absolute Gasteiger partial charge is 0.132 e. The summed E-state index contributed by atoms with van der Waals surface area (Å²) in [5.74, 6) is 1.42. The highest BCUT2D eigenvalue weighted by atomic mass is 16.5. The van der Waals surface area contributed by atoms with E-state index in [4.69, 9.17) is 10.5 Å². The summed E-state index contributed by atoms with van der Waals surface area (Å²) in [6.45, 7) is 3.33. The van der Waals surface area contributed by atoms with Crippen LogP contribution in [0.1, 0.15) is 24.0 Å². The normalized spacial score (nSPS) is 15.5. The van der Waals surface area contributed by atoms with E-state index in [1.165, 1.54) is 0 Å². The summed E-state index contributed by atoms with van der Waals surface area (Å²) >= 11 is 0. The molecule has 13 heavy (non-hydrogen) atoms. The lowest BCUT2D eigenvalue weighted by Gasteiger charge is -2.17. The van der Waals surface area contributed by atoms with Crippen LogP contribution in [-0.2, 0) is 24.2 Å². The van der Waals surface area contributed by atoms with Crippen molar-refractivity contribution < 1.29 is 4.74 Å². The third-order valence-corrected chi connectivity index (χ3v) is 2.22.